The average molecular weight is 276 g/mol. The second-order valence-electron chi connectivity index (χ2n) is 6.97. The molecule has 4 nitrogen and oxygen atoms in total. The second-order valence-corrected chi connectivity index (χ2v) is 6.97. The van der Waals surface area contributed by atoms with Crippen molar-refractivity contribution in [3.63, 3.8) is 0 Å². The van der Waals surface area contributed by atoms with Crippen molar-refractivity contribution in [3.8, 4) is 18.2 Å². The van der Waals surface area contributed by atoms with Crippen LogP contribution in [0.3, 0.4) is 0 Å². The molecule has 1 spiro atoms. The van der Waals surface area contributed by atoms with Gasteiger partial charge in [-0.3, -0.25) is 5.87 Å². The van der Waals surface area contributed by atoms with Crippen LogP contribution in [0.25, 0.3) is 5.41 Å². The first-order valence-corrected chi connectivity index (χ1v) is 7.38. The zero-order valence-corrected chi connectivity index (χ0v) is 12.1. The molecule has 3 fully saturated rings. The lowest BCUT2D eigenvalue weighted by molar-refractivity contribution is 0.361. The predicted octanol–water partition coefficient (Wildman–Crippen LogP) is 3.13. The van der Waals surface area contributed by atoms with Crippen LogP contribution < -0.4 is 0 Å². The van der Waals surface area contributed by atoms with Gasteiger partial charge < -0.3 is 5.41 Å². The van der Waals surface area contributed by atoms with E-state index in [1.165, 1.54) is 12.8 Å². The van der Waals surface area contributed by atoms with E-state index in [2.05, 4.69) is 13.3 Å². The summed E-state index contributed by atoms with van der Waals surface area (Å²) in [6, 6.07) is 5.71. The maximum atomic E-state index is 9.50. The normalized spacial score (nSPS) is 36.8. The van der Waals surface area contributed by atoms with Gasteiger partial charge in [-0.1, -0.05) is 6.92 Å². The largest absolute Gasteiger partial charge is 0.762 e. The fourth-order valence-corrected chi connectivity index (χ4v) is 4.50. The molecule has 0 aromatic heterocycles. The SMILES string of the molecule is CC1(C2CC2)CC12[CH+]C(C(C#N)(C#N)C(=C=[N-])C#N)CC2. The summed E-state index contributed by atoms with van der Waals surface area (Å²) in [4.78, 5) is 0. The molecule has 0 saturated heterocycles. The van der Waals surface area contributed by atoms with E-state index in [-0.39, 0.29) is 16.9 Å². The van der Waals surface area contributed by atoms with E-state index in [0.29, 0.717) is 5.41 Å². The van der Waals surface area contributed by atoms with Crippen molar-refractivity contribution in [3.05, 3.63) is 17.4 Å². The van der Waals surface area contributed by atoms with Gasteiger partial charge in [0.25, 0.3) is 0 Å². The van der Waals surface area contributed by atoms with E-state index in [9.17, 15) is 10.5 Å². The minimum Gasteiger partial charge on any atom is -0.762 e. The standard InChI is InChI=1S/C17H16N4/c1-15(12-2-3-12)9-16(15)5-4-13(6-16)17(10-20,11-21)14(7-18)8-19/h6,12-13H,2-5,9H2,1H3. The van der Waals surface area contributed by atoms with Gasteiger partial charge in [0, 0.05) is 11.8 Å². The number of nitriles is 3. The molecule has 21 heavy (non-hydrogen) atoms. The Labute approximate surface area is 125 Å². The highest BCUT2D eigenvalue weighted by molar-refractivity contribution is 5.71. The molecule has 4 heteroatoms. The maximum absolute atomic E-state index is 9.50. The molecule has 3 aliphatic carbocycles. The minimum atomic E-state index is -1.60. The molecule has 0 radical (unpaired) electrons. The Hall–Kier alpha value is -2.21. The molecule has 0 aliphatic heterocycles. The summed E-state index contributed by atoms with van der Waals surface area (Å²) < 4.78 is 0. The van der Waals surface area contributed by atoms with E-state index < -0.39 is 5.41 Å². The van der Waals surface area contributed by atoms with Crippen LogP contribution >= 0.6 is 0 Å². The van der Waals surface area contributed by atoms with Gasteiger partial charge in [-0.2, -0.15) is 15.8 Å². The third-order valence-corrected chi connectivity index (χ3v) is 6.12. The summed E-state index contributed by atoms with van der Waals surface area (Å²) >= 11 is 0. The Morgan fingerprint density at radius 3 is 2.38 bits per heavy atom. The molecule has 3 rings (SSSR count). The molecule has 104 valence electrons. The monoisotopic (exact) mass is 276 g/mol. The number of hydrogen-bond donors (Lipinski definition) is 0. The summed E-state index contributed by atoms with van der Waals surface area (Å²) in [5.74, 6) is 2.24. The summed E-state index contributed by atoms with van der Waals surface area (Å²) in [6.45, 7) is 2.31. The Morgan fingerprint density at radius 2 is 1.90 bits per heavy atom. The highest BCUT2D eigenvalue weighted by Crippen LogP contribution is 2.79. The Morgan fingerprint density at radius 1 is 1.24 bits per heavy atom. The van der Waals surface area contributed by atoms with Crippen molar-refractivity contribution in [2.24, 2.45) is 28.1 Å². The second kappa shape index (κ2) is 4.14. The van der Waals surface area contributed by atoms with Crippen LogP contribution in [0.2, 0.25) is 0 Å². The summed E-state index contributed by atoms with van der Waals surface area (Å²) in [5.41, 5.74) is -1.41. The maximum Gasteiger partial charge on any atom is 0.225 e. The molecule has 0 N–H and O–H groups in total. The van der Waals surface area contributed by atoms with Crippen molar-refractivity contribution < 1.29 is 0 Å². The fraction of sp³-hybridized carbons (Fsp3) is 0.647. The zero-order chi connectivity index (χ0) is 15.3. The molecule has 0 aromatic carbocycles. The number of rotatable bonds is 3. The summed E-state index contributed by atoms with van der Waals surface area (Å²) in [6.07, 6.45) is 7.53. The quantitative estimate of drug-likeness (QED) is 0.450. The van der Waals surface area contributed by atoms with Gasteiger partial charge in [0.15, 0.2) is 0 Å². The van der Waals surface area contributed by atoms with E-state index in [1.807, 2.05) is 12.1 Å². The van der Waals surface area contributed by atoms with Crippen LogP contribution in [0.15, 0.2) is 5.57 Å². The van der Waals surface area contributed by atoms with Gasteiger partial charge in [-0.05, 0) is 31.6 Å². The molecule has 3 unspecified atom stereocenters. The molecule has 3 atom stereocenters. The minimum absolute atomic E-state index is 0.133. The van der Waals surface area contributed by atoms with Gasteiger partial charge in [-0.25, -0.2) is 0 Å². The van der Waals surface area contributed by atoms with Crippen molar-refractivity contribution >= 4 is 5.87 Å². The number of nitrogens with zero attached hydrogens (tertiary/aromatic N) is 4. The number of hydrogen-bond acceptors (Lipinski definition) is 3. The topological polar surface area (TPSA) is 93.7 Å². The van der Waals surface area contributed by atoms with Crippen LogP contribution in [-0.2, 0) is 0 Å². The fourth-order valence-electron chi connectivity index (χ4n) is 4.50. The highest BCUT2D eigenvalue weighted by atomic mass is 14.8. The first kappa shape index (κ1) is 13.8. The summed E-state index contributed by atoms with van der Waals surface area (Å²) in [7, 11) is 0. The van der Waals surface area contributed by atoms with Crippen LogP contribution in [0.4, 0.5) is 0 Å². The first-order chi connectivity index (χ1) is 10.0. The van der Waals surface area contributed by atoms with Crippen LogP contribution in [0, 0.1) is 68.5 Å². The van der Waals surface area contributed by atoms with Crippen molar-refractivity contribution in [2.45, 2.75) is 39.0 Å². The van der Waals surface area contributed by atoms with Gasteiger partial charge >= 0.3 is 0 Å². The molecule has 0 aromatic rings. The van der Waals surface area contributed by atoms with Crippen LogP contribution in [0.1, 0.15) is 39.0 Å². The third kappa shape index (κ3) is 1.59. The zero-order valence-electron chi connectivity index (χ0n) is 12.1. The Bertz CT molecular complexity index is 648. The molecular formula is C17H16N4. The van der Waals surface area contributed by atoms with Crippen molar-refractivity contribution in [1.29, 1.82) is 15.8 Å². The Balaban J connectivity index is 1.89. The van der Waals surface area contributed by atoms with Gasteiger partial charge in [0.05, 0.1) is 24.1 Å². The molecular weight excluding hydrogens is 260 g/mol. The van der Waals surface area contributed by atoms with Gasteiger partial charge in [-0.15, -0.1) is 0 Å². The molecule has 3 aliphatic rings. The number of allylic oxidation sites excluding steroid dienone is 1. The lowest BCUT2D eigenvalue weighted by Crippen LogP contribution is -2.29. The predicted molar refractivity (Wildman–Crippen MR) is 76.1 cm³/mol. The van der Waals surface area contributed by atoms with Gasteiger partial charge in [0.2, 0.25) is 5.41 Å². The van der Waals surface area contributed by atoms with Crippen LogP contribution in [-0.4, -0.2) is 5.87 Å². The van der Waals surface area contributed by atoms with E-state index in [4.69, 9.17) is 10.7 Å². The van der Waals surface area contributed by atoms with Crippen molar-refractivity contribution in [2.75, 3.05) is 0 Å². The smallest absolute Gasteiger partial charge is 0.225 e. The lowest BCUT2D eigenvalue weighted by atomic mass is 9.71. The van der Waals surface area contributed by atoms with Crippen molar-refractivity contribution in [1.82, 2.24) is 0 Å². The van der Waals surface area contributed by atoms with E-state index in [0.717, 1.165) is 25.2 Å². The average Bonchev–Trinajstić information content (AvgIpc) is 3.37. The first-order valence-electron chi connectivity index (χ1n) is 7.38. The third-order valence-electron chi connectivity index (χ3n) is 6.12. The molecule has 0 heterocycles. The van der Waals surface area contributed by atoms with Gasteiger partial charge in [0.1, 0.15) is 17.4 Å². The van der Waals surface area contributed by atoms with Crippen LogP contribution in [0.5, 0.6) is 0 Å². The lowest BCUT2D eigenvalue weighted by Gasteiger charge is -2.19. The molecule has 3 saturated carbocycles. The summed E-state index contributed by atoms with van der Waals surface area (Å²) in [5, 5.41) is 37.2. The molecule has 0 bridgehead atoms. The molecule has 0 amide bonds. The Kier molecular flexibility index (Phi) is 2.71. The highest BCUT2D eigenvalue weighted by Gasteiger charge is 2.79. The van der Waals surface area contributed by atoms with E-state index in [1.54, 1.807) is 11.9 Å². The van der Waals surface area contributed by atoms with E-state index >= 15 is 0 Å².